The molecule has 1 saturated carbocycles. The van der Waals surface area contributed by atoms with Crippen molar-refractivity contribution in [3.8, 4) is 0 Å². The van der Waals surface area contributed by atoms with Crippen LogP contribution in [0.2, 0.25) is 0 Å². The van der Waals surface area contributed by atoms with Gasteiger partial charge >= 0.3 is 0 Å². The number of hydrogen-bond acceptors (Lipinski definition) is 4. The minimum absolute atomic E-state index is 0.183. The Morgan fingerprint density at radius 3 is 2.65 bits per heavy atom. The quantitative estimate of drug-likeness (QED) is 0.799. The van der Waals surface area contributed by atoms with E-state index >= 15 is 0 Å². The van der Waals surface area contributed by atoms with Gasteiger partial charge < -0.3 is 9.64 Å². The van der Waals surface area contributed by atoms with Crippen LogP contribution < -0.4 is 4.90 Å². The molecule has 0 radical (unpaired) electrons. The number of hydrogen-bond donors (Lipinski definition) is 0. The largest absolute Gasteiger partial charge is 0.376 e. The average Bonchev–Trinajstić information content (AvgIpc) is 3.12. The molecule has 92 valence electrons. The summed E-state index contributed by atoms with van der Waals surface area (Å²) in [4.78, 5) is 1.82. The van der Waals surface area contributed by atoms with Gasteiger partial charge in [0, 0.05) is 13.0 Å². The van der Waals surface area contributed by atoms with Crippen molar-refractivity contribution in [1.82, 2.24) is 10.2 Å². The van der Waals surface area contributed by atoms with Crippen LogP contribution >= 0.6 is 0 Å². The van der Waals surface area contributed by atoms with Crippen LogP contribution in [0.5, 0.6) is 0 Å². The van der Waals surface area contributed by atoms with E-state index in [0.29, 0.717) is 18.3 Å². The van der Waals surface area contributed by atoms with Gasteiger partial charge in [0.05, 0.1) is 24.9 Å². The molecule has 2 heterocycles. The molecule has 2 atom stereocenters. The Bertz CT molecular complexity index is 393. The summed E-state index contributed by atoms with van der Waals surface area (Å²) < 4.78 is 18.6. The van der Waals surface area contributed by atoms with Gasteiger partial charge in [-0.05, 0) is 25.0 Å². The molecule has 1 aliphatic carbocycles. The lowest BCUT2D eigenvalue weighted by atomic mass is 10.2. The highest BCUT2D eigenvalue weighted by atomic mass is 19.1. The number of anilines is 1. The standard InChI is InChI=1S/C12H16FN3O/c1-16(11-7-17-6-9(11)13)12-5-4-10(14-15-12)8-2-3-8/h4-5,8-9,11H,2-3,6-7H2,1H3. The van der Waals surface area contributed by atoms with Crippen molar-refractivity contribution in [2.24, 2.45) is 0 Å². The predicted molar refractivity (Wildman–Crippen MR) is 61.9 cm³/mol. The second-order valence-corrected chi connectivity index (χ2v) is 4.82. The maximum atomic E-state index is 13.5. The zero-order valence-corrected chi connectivity index (χ0v) is 9.84. The summed E-state index contributed by atoms with van der Waals surface area (Å²) in [6.45, 7) is 0.603. The lowest BCUT2D eigenvalue weighted by molar-refractivity contribution is 0.173. The second-order valence-electron chi connectivity index (χ2n) is 4.82. The topological polar surface area (TPSA) is 38.2 Å². The summed E-state index contributed by atoms with van der Waals surface area (Å²) in [7, 11) is 1.84. The van der Waals surface area contributed by atoms with E-state index in [0.717, 1.165) is 5.69 Å². The maximum absolute atomic E-state index is 13.5. The molecule has 2 unspecified atom stereocenters. The fourth-order valence-electron chi connectivity index (χ4n) is 2.16. The van der Waals surface area contributed by atoms with Crippen LogP contribution in [-0.2, 0) is 4.74 Å². The first-order valence-corrected chi connectivity index (χ1v) is 6.04. The van der Waals surface area contributed by atoms with Crippen LogP contribution in [-0.4, -0.2) is 42.7 Å². The Kier molecular flexibility index (Phi) is 2.70. The van der Waals surface area contributed by atoms with Crippen LogP contribution in [0.3, 0.4) is 0 Å². The summed E-state index contributed by atoms with van der Waals surface area (Å²) in [5.41, 5.74) is 1.06. The first-order valence-electron chi connectivity index (χ1n) is 6.04. The molecule has 0 spiro atoms. The van der Waals surface area contributed by atoms with Crippen molar-refractivity contribution in [2.75, 3.05) is 25.2 Å². The molecule has 4 nitrogen and oxygen atoms in total. The molecule has 0 bridgehead atoms. The van der Waals surface area contributed by atoms with Gasteiger partial charge in [-0.25, -0.2) is 4.39 Å². The Hall–Kier alpha value is -1.23. The predicted octanol–water partition coefficient (Wildman–Crippen LogP) is 1.53. The molecule has 1 aromatic heterocycles. The van der Waals surface area contributed by atoms with Gasteiger partial charge in [0.1, 0.15) is 6.17 Å². The molecular weight excluding hydrogens is 221 g/mol. The number of ether oxygens (including phenoxy) is 1. The van der Waals surface area contributed by atoms with E-state index in [9.17, 15) is 4.39 Å². The Morgan fingerprint density at radius 1 is 1.29 bits per heavy atom. The highest BCUT2D eigenvalue weighted by molar-refractivity contribution is 5.39. The number of likely N-dealkylation sites (N-methyl/N-ethyl adjacent to an activating group) is 1. The summed E-state index contributed by atoms with van der Waals surface area (Å²) in [5, 5.41) is 8.38. The Labute approximate surface area is 99.8 Å². The van der Waals surface area contributed by atoms with Crippen molar-refractivity contribution in [2.45, 2.75) is 31.0 Å². The lowest BCUT2D eigenvalue weighted by Crippen LogP contribution is -2.39. The number of rotatable bonds is 3. The normalized spacial score (nSPS) is 28.4. The first kappa shape index (κ1) is 10.9. The molecular formula is C12H16FN3O. The minimum Gasteiger partial charge on any atom is -0.376 e. The highest BCUT2D eigenvalue weighted by Crippen LogP contribution is 2.38. The molecule has 0 aromatic carbocycles. The van der Waals surface area contributed by atoms with Crippen LogP contribution in [0, 0.1) is 0 Å². The van der Waals surface area contributed by atoms with E-state index in [4.69, 9.17) is 4.74 Å². The molecule has 0 N–H and O–H groups in total. The third kappa shape index (κ3) is 2.11. The number of halogens is 1. The van der Waals surface area contributed by atoms with E-state index < -0.39 is 6.17 Å². The van der Waals surface area contributed by atoms with E-state index in [1.807, 2.05) is 24.1 Å². The average molecular weight is 237 g/mol. The molecule has 3 rings (SSSR count). The van der Waals surface area contributed by atoms with Gasteiger partial charge in [0.2, 0.25) is 0 Å². The van der Waals surface area contributed by atoms with Gasteiger partial charge in [-0.2, -0.15) is 5.10 Å². The van der Waals surface area contributed by atoms with Gasteiger partial charge in [0.15, 0.2) is 5.82 Å². The number of alkyl halides is 1. The second kappa shape index (κ2) is 4.22. The third-order valence-corrected chi connectivity index (χ3v) is 3.51. The molecule has 2 aliphatic rings. The number of nitrogens with zero attached hydrogens (tertiary/aromatic N) is 3. The summed E-state index contributed by atoms with van der Waals surface area (Å²) in [6.07, 6.45) is 1.49. The van der Waals surface area contributed by atoms with E-state index in [1.165, 1.54) is 12.8 Å². The van der Waals surface area contributed by atoms with Gasteiger partial charge in [-0.3, -0.25) is 0 Å². The van der Waals surface area contributed by atoms with Crippen molar-refractivity contribution >= 4 is 5.82 Å². The van der Waals surface area contributed by atoms with Crippen molar-refractivity contribution in [1.29, 1.82) is 0 Å². The summed E-state index contributed by atoms with van der Waals surface area (Å²) >= 11 is 0. The third-order valence-electron chi connectivity index (χ3n) is 3.51. The zero-order chi connectivity index (χ0) is 11.8. The monoisotopic (exact) mass is 237 g/mol. The Balaban J connectivity index is 1.73. The molecule has 1 aliphatic heterocycles. The smallest absolute Gasteiger partial charge is 0.151 e. The van der Waals surface area contributed by atoms with Gasteiger partial charge in [-0.15, -0.1) is 5.10 Å². The van der Waals surface area contributed by atoms with Crippen molar-refractivity contribution in [3.05, 3.63) is 17.8 Å². The van der Waals surface area contributed by atoms with Crippen molar-refractivity contribution < 1.29 is 9.13 Å². The minimum atomic E-state index is -0.940. The molecule has 1 aromatic rings. The fraction of sp³-hybridized carbons (Fsp3) is 0.667. The van der Waals surface area contributed by atoms with Gasteiger partial charge in [-0.1, -0.05) is 0 Å². The molecule has 5 heteroatoms. The zero-order valence-electron chi connectivity index (χ0n) is 9.84. The summed E-state index contributed by atoms with van der Waals surface area (Å²) in [5.74, 6) is 1.32. The van der Waals surface area contributed by atoms with E-state index in [1.54, 1.807) is 0 Å². The van der Waals surface area contributed by atoms with E-state index in [2.05, 4.69) is 10.2 Å². The highest BCUT2D eigenvalue weighted by Gasteiger charge is 2.32. The summed E-state index contributed by atoms with van der Waals surface area (Å²) in [6, 6.07) is 3.68. The van der Waals surface area contributed by atoms with Crippen molar-refractivity contribution in [3.63, 3.8) is 0 Å². The van der Waals surface area contributed by atoms with E-state index in [-0.39, 0.29) is 12.6 Å². The van der Waals surface area contributed by atoms with Crippen LogP contribution in [0.1, 0.15) is 24.5 Å². The lowest BCUT2D eigenvalue weighted by Gasteiger charge is -2.25. The first-order chi connectivity index (χ1) is 8.25. The SMILES string of the molecule is CN(c1ccc(C2CC2)nn1)C1COCC1F. The van der Waals surface area contributed by atoms with Gasteiger partial charge in [0.25, 0.3) is 0 Å². The maximum Gasteiger partial charge on any atom is 0.151 e. The molecule has 17 heavy (non-hydrogen) atoms. The molecule has 1 saturated heterocycles. The van der Waals surface area contributed by atoms with Crippen LogP contribution in [0.4, 0.5) is 10.2 Å². The number of aromatic nitrogens is 2. The Morgan fingerprint density at radius 2 is 2.12 bits per heavy atom. The van der Waals surface area contributed by atoms with Crippen LogP contribution in [0.25, 0.3) is 0 Å². The molecule has 0 amide bonds. The fourth-order valence-corrected chi connectivity index (χ4v) is 2.16. The molecule has 2 fully saturated rings. The van der Waals surface area contributed by atoms with Crippen LogP contribution in [0.15, 0.2) is 12.1 Å².